The molecule has 0 saturated heterocycles. The molecule has 130 valence electrons. The molecule has 1 atom stereocenters. The summed E-state index contributed by atoms with van der Waals surface area (Å²) in [5, 5.41) is 14.7. The molecule has 0 spiro atoms. The maximum Gasteiger partial charge on any atom is 0.122 e. The summed E-state index contributed by atoms with van der Waals surface area (Å²) in [4.78, 5) is 4.13. The molecule has 25 heavy (non-hydrogen) atoms. The first kappa shape index (κ1) is 17.2. The molecule has 0 fully saturated rings. The number of aliphatic hydroxyl groups excluding tert-OH is 1. The van der Waals surface area contributed by atoms with Crippen LogP contribution in [0.15, 0.2) is 61.1 Å². The zero-order valence-electron chi connectivity index (χ0n) is 14.5. The molecular weight excluding hydrogens is 314 g/mol. The van der Waals surface area contributed by atoms with Crippen LogP contribution in [0.5, 0.6) is 5.75 Å². The lowest BCUT2D eigenvalue weighted by Gasteiger charge is -2.17. The Morgan fingerprint density at radius 3 is 2.68 bits per heavy atom. The van der Waals surface area contributed by atoms with Gasteiger partial charge in [0, 0.05) is 24.2 Å². The molecule has 5 nitrogen and oxygen atoms in total. The van der Waals surface area contributed by atoms with Crippen LogP contribution < -0.4 is 4.74 Å². The van der Waals surface area contributed by atoms with Crippen molar-refractivity contribution in [2.75, 3.05) is 6.61 Å². The van der Waals surface area contributed by atoms with Gasteiger partial charge in [-0.2, -0.15) is 5.10 Å². The second kappa shape index (κ2) is 7.94. The molecule has 5 heteroatoms. The van der Waals surface area contributed by atoms with Gasteiger partial charge in [0.1, 0.15) is 18.5 Å². The van der Waals surface area contributed by atoms with Crippen LogP contribution >= 0.6 is 0 Å². The van der Waals surface area contributed by atoms with Gasteiger partial charge < -0.3 is 9.84 Å². The zero-order chi connectivity index (χ0) is 17.6. The molecule has 0 bridgehead atoms. The molecule has 0 saturated carbocycles. The minimum Gasteiger partial charge on any atom is -0.491 e. The monoisotopic (exact) mass is 337 g/mol. The van der Waals surface area contributed by atoms with Crippen LogP contribution in [0.1, 0.15) is 25.3 Å². The largest absolute Gasteiger partial charge is 0.491 e. The molecule has 0 aliphatic carbocycles. The number of hydrogen-bond acceptors (Lipinski definition) is 4. The van der Waals surface area contributed by atoms with Gasteiger partial charge in [-0.1, -0.05) is 32.0 Å². The van der Waals surface area contributed by atoms with Gasteiger partial charge in [-0.25, -0.2) is 0 Å². The van der Waals surface area contributed by atoms with Gasteiger partial charge in [0.15, 0.2) is 0 Å². The molecule has 2 heterocycles. The highest BCUT2D eigenvalue weighted by Gasteiger charge is 2.13. The predicted octanol–water partition coefficient (Wildman–Crippen LogP) is 3.51. The van der Waals surface area contributed by atoms with Gasteiger partial charge in [-0.15, -0.1) is 0 Å². The van der Waals surface area contributed by atoms with Crippen LogP contribution in [-0.4, -0.2) is 32.6 Å². The van der Waals surface area contributed by atoms with Crippen molar-refractivity contribution in [1.29, 1.82) is 0 Å². The number of ether oxygens (including phenoxy) is 1. The third-order valence-corrected chi connectivity index (χ3v) is 4.03. The Morgan fingerprint density at radius 1 is 1.08 bits per heavy atom. The third-order valence-electron chi connectivity index (χ3n) is 4.03. The molecule has 0 amide bonds. The molecular formula is C20H23N3O2. The average Bonchev–Trinajstić information content (AvgIpc) is 3.09. The van der Waals surface area contributed by atoms with E-state index < -0.39 is 6.10 Å². The first-order valence-corrected chi connectivity index (χ1v) is 8.47. The van der Waals surface area contributed by atoms with E-state index in [0.29, 0.717) is 12.5 Å². The first-order valence-electron chi connectivity index (χ1n) is 8.47. The molecule has 3 aromatic rings. The number of nitrogens with zero attached hydrogens (tertiary/aromatic N) is 3. The van der Waals surface area contributed by atoms with Crippen molar-refractivity contribution in [2.24, 2.45) is 0 Å². The Balaban J connectivity index is 1.65. The minimum absolute atomic E-state index is 0.218. The lowest BCUT2D eigenvalue weighted by molar-refractivity contribution is 0.0892. The maximum atomic E-state index is 10.4. The number of benzene rings is 1. The van der Waals surface area contributed by atoms with Crippen molar-refractivity contribution in [1.82, 2.24) is 14.8 Å². The van der Waals surface area contributed by atoms with Crippen LogP contribution in [0.3, 0.4) is 0 Å². The lowest BCUT2D eigenvalue weighted by atomic mass is 10.0. The van der Waals surface area contributed by atoms with Crippen molar-refractivity contribution in [3.05, 3.63) is 66.6 Å². The summed E-state index contributed by atoms with van der Waals surface area (Å²) in [6.45, 7) is 4.84. The molecule has 0 aliphatic heterocycles. The van der Waals surface area contributed by atoms with Gasteiger partial charge in [-0.05, 0) is 35.7 Å². The number of rotatable bonds is 7. The predicted molar refractivity (Wildman–Crippen MR) is 97.5 cm³/mol. The Hall–Kier alpha value is -2.66. The summed E-state index contributed by atoms with van der Waals surface area (Å²) >= 11 is 0. The van der Waals surface area contributed by atoms with Crippen LogP contribution in [0, 0.1) is 0 Å². The number of pyridine rings is 1. The van der Waals surface area contributed by atoms with Gasteiger partial charge in [-0.3, -0.25) is 9.67 Å². The highest BCUT2D eigenvalue weighted by molar-refractivity contribution is 5.57. The number of hydrogen-bond donors (Lipinski definition) is 1. The first-order chi connectivity index (χ1) is 12.1. The quantitative estimate of drug-likeness (QED) is 0.717. The van der Waals surface area contributed by atoms with Gasteiger partial charge in [0.05, 0.1) is 12.2 Å². The normalized spacial score (nSPS) is 12.3. The summed E-state index contributed by atoms with van der Waals surface area (Å²) in [6.07, 6.45) is 4.59. The number of aliphatic hydroxyl groups is 1. The Labute approximate surface area is 147 Å². The zero-order valence-corrected chi connectivity index (χ0v) is 14.5. The van der Waals surface area contributed by atoms with E-state index in [1.807, 2.05) is 36.4 Å². The summed E-state index contributed by atoms with van der Waals surface area (Å²) < 4.78 is 7.63. The SMILES string of the molecule is CC(C)c1ccccc1OCC(O)Cn1nccc1-c1cccnc1. The van der Waals surface area contributed by atoms with Crippen LogP contribution in [0.25, 0.3) is 11.3 Å². The van der Waals surface area contributed by atoms with Crippen molar-refractivity contribution in [2.45, 2.75) is 32.4 Å². The fraction of sp³-hybridized carbons (Fsp3) is 0.300. The van der Waals surface area contributed by atoms with Gasteiger partial charge >= 0.3 is 0 Å². The lowest BCUT2D eigenvalue weighted by Crippen LogP contribution is -2.24. The Bertz CT molecular complexity index is 799. The second-order valence-electron chi connectivity index (χ2n) is 6.30. The van der Waals surface area contributed by atoms with E-state index in [9.17, 15) is 5.11 Å². The molecule has 0 radical (unpaired) electrons. The molecule has 0 aliphatic rings. The van der Waals surface area contributed by atoms with E-state index in [-0.39, 0.29) is 6.61 Å². The van der Waals surface area contributed by atoms with E-state index >= 15 is 0 Å². The van der Waals surface area contributed by atoms with E-state index in [0.717, 1.165) is 22.6 Å². The average molecular weight is 337 g/mol. The number of para-hydroxylation sites is 1. The second-order valence-corrected chi connectivity index (χ2v) is 6.30. The van der Waals surface area contributed by atoms with Crippen LogP contribution in [0.2, 0.25) is 0 Å². The van der Waals surface area contributed by atoms with Crippen LogP contribution in [0.4, 0.5) is 0 Å². The van der Waals surface area contributed by atoms with Crippen molar-refractivity contribution in [3.63, 3.8) is 0 Å². The maximum absolute atomic E-state index is 10.4. The molecule has 1 unspecified atom stereocenters. The Kier molecular flexibility index (Phi) is 5.46. The smallest absolute Gasteiger partial charge is 0.122 e. The van der Waals surface area contributed by atoms with E-state index in [1.54, 1.807) is 23.3 Å². The topological polar surface area (TPSA) is 60.2 Å². The van der Waals surface area contributed by atoms with E-state index in [2.05, 4.69) is 30.0 Å². The summed E-state index contributed by atoms with van der Waals surface area (Å²) in [5.74, 6) is 1.20. The third kappa shape index (κ3) is 4.25. The Morgan fingerprint density at radius 2 is 1.92 bits per heavy atom. The fourth-order valence-electron chi connectivity index (χ4n) is 2.76. The van der Waals surface area contributed by atoms with Gasteiger partial charge in [0.25, 0.3) is 0 Å². The van der Waals surface area contributed by atoms with Crippen molar-refractivity contribution >= 4 is 0 Å². The molecule has 1 aromatic carbocycles. The van der Waals surface area contributed by atoms with E-state index in [4.69, 9.17) is 4.74 Å². The number of aromatic nitrogens is 3. The van der Waals surface area contributed by atoms with Crippen LogP contribution in [-0.2, 0) is 6.54 Å². The standard InChI is InChI=1S/C20H23N3O2/c1-15(2)18-7-3-4-8-20(18)25-14-17(24)13-23-19(9-11-22-23)16-6-5-10-21-12-16/h3-12,15,17,24H,13-14H2,1-2H3. The summed E-state index contributed by atoms with van der Waals surface area (Å²) in [5.41, 5.74) is 3.04. The highest BCUT2D eigenvalue weighted by Crippen LogP contribution is 2.26. The van der Waals surface area contributed by atoms with Crippen molar-refractivity contribution in [3.8, 4) is 17.0 Å². The molecule has 3 rings (SSSR count). The van der Waals surface area contributed by atoms with E-state index in [1.165, 1.54) is 0 Å². The van der Waals surface area contributed by atoms with Crippen molar-refractivity contribution < 1.29 is 9.84 Å². The van der Waals surface area contributed by atoms with Gasteiger partial charge in [0.2, 0.25) is 0 Å². The minimum atomic E-state index is -0.657. The summed E-state index contributed by atoms with van der Waals surface area (Å²) in [6, 6.07) is 13.7. The molecule has 2 aromatic heterocycles. The summed E-state index contributed by atoms with van der Waals surface area (Å²) in [7, 11) is 0. The molecule has 1 N–H and O–H groups in total. The fourth-order valence-corrected chi connectivity index (χ4v) is 2.76. The highest BCUT2D eigenvalue weighted by atomic mass is 16.5.